The van der Waals surface area contributed by atoms with E-state index in [1.165, 1.54) is 6.08 Å². The maximum absolute atomic E-state index is 12.2. The monoisotopic (exact) mass is 334 g/mol. The minimum Gasteiger partial charge on any atom is -0.460 e. The van der Waals surface area contributed by atoms with Crippen LogP contribution in [0.5, 0.6) is 0 Å². The predicted molar refractivity (Wildman–Crippen MR) is 98.2 cm³/mol. The number of carbonyl (C=O) groups is 2. The average molecular weight is 334 g/mol. The summed E-state index contributed by atoms with van der Waals surface area (Å²) >= 11 is 0. The van der Waals surface area contributed by atoms with E-state index in [0.29, 0.717) is 11.3 Å². The molecule has 0 radical (unpaired) electrons. The van der Waals surface area contributed by atoms with Crippen molar-refractivity contribution in [1.29, 1.82) is 0 Å². The number of hydrogen-bond donors (Lipinski definition) is 2. The standard InChI is InChI=1S/C20H18N2O3/c1-2-17-16(15-8-3-4-9-18(15)25-17)10-11-19(23)22-14-7-5-6-13(12-14)20(21)24/h3-12H,2H2,1H3,(H2,21,24)(H,22,23). The Morgan fingerprint density at radius 2 is 1.96 bits per heavy atom. The molecule has 3 aromatic rings. The molecule has 0 aliphatic heterocycles. The molecule has 0 aliphatic rings. The second-order valence-electron chi connectivity index (χ2n) is 5.56. The number of para-hydroxylation sites is 1. The number of nitrogens with one attached hydrogen (secondary N) is 1. The summed E-state index contributed by atoms with van der Waals surface area (Å²) in [5.74, 6) is -0.000902. The zero-order valence-electron chi connectivity index (χ0n) is 13.8. The first-order valence-electron chi connectivity index (χ1n) is 7.98. The van der Waals surface area contributed by atoms with Gasteiger partial charge in [-0.05, 0) is 30.3 Å². The molecule has 0 aliphatic carbocycles. The Hall–Kier alpha value is -3.34. The number of carbonyl (C=O) groups excluding carboxylic acids is 2. The van der Waals surface area contributed by atoms with Crippen LogP contribution in [0.2, 0.25) is 0 Å². The van der Waals surface area contributed by atoms with Crippen LogP contribution in [0.25, 0.3) is 17.0 Å². The molecular formula is C20H18N2O3. The van der Waals surface area contributed by atoms with Crippen molar-refractivity contribution in [3.8, 4) is 0 Å². The van der Waals surface area contributed by atoms with E-state index in [1.807, 2.05) is 31.2 Å². The van der Waals surface area contributed by atoms with E-state index in [1.54, 1.807) is 30.3 Å². The molecule has 0 unspecified atom stereocenters. The lowest BCUT2D eigenvalue weighted by molar-refractivity contribution is -0.111. The Kier molecular flexibility index (Phi) is 4.66. The van der Waals surface area contributed by atoms with Gasteiger partial charge in [-0.2, -0.15) is 0 Å². The van der Waals surface area contributed by atoms with Crippen molar-refractivity contribution >= 4 is 34.5 Å². The first-order chi connectivity index (χ1) is 12.1. The molecule has 126 valence electrons. The number of rotatable bonds is 5. The highest BCUT2D eigenvalue weighted by atomic mass is 16.3. The van der Waals surface area contributed by atoms with Gasteiger partial charge in [0.2, 0.25) is 11.8 Å². The van der Waals surface area contributed by atoms with E-state index in [4.69, 9.17) is 10.2 Å². The Labute approximate surface area is 145 Å². The number of aryl methyl sites for hydroxylation is 1. The van der Waals surface area contributed by atoms with Gasteiger partial charge in [-0.15, -0.1) is 0 Å². The SMILES string of the molecule is CCc1oc2ccccc2c1C=CC(=O)Nc1cccc(C(N)=O)c1. The molecule has 2 aromatic carbocycles. The Morgan fingerprint density at radius 3 is 2.72 bits per heavy atom. The lowest BCUT2D eigenvalue weighted by Gasteiger charge is -2.03. The summed E-state index contributed by atoms with van der Waals surface area (Å²) in [6.07, 6.45) is 3.93. The number of nitrogens with two attached hydrogens (primary N) is 1. The molecule has 0 saturated heterocycles. The smallest absolute Gasteiger partial charge is 0.248 e. The third-order valence-corrected chi connectivity index (χ3v) is 3.85. The first-order valence-corrected chi connectivity index (χ1v) is 7.98. The minimum absolute atomic E-state index is 0.297. The quantitative estimate of drug-likeness (QED) is 0.697. The second-order valence-corrected chi connectivity index (χ2v) is 5.56. The molecule has 0 saturated carbocycles. The summed E-state index contributed by atoms with van der Waals surface area (Å²) in [5.41, 5.74) is 7.80. The van der Waals surface area contributed by atoms with Crippen LogP contribution in [0.15, 0.2) is 59.0 Å². The molecule has 5 nitrogen and oxygen atoms in total. The van der Waals surface area contributed by atoms with E-state index in [2.05, 4.69) is 5.32 Å². The molecule has 0 atom stereocenters. The third-order valence-electron chi connectivity index (χ3n) is 3.85. The van der Waals surface area contributed by atoms with Gasteiger partial charge in [-0.1, -0.05) is 31.2 Å². The molecule has 0 bridgehead atoms. The van der Waals surface area contributed by atoms with Crippen LogP contribution in [0.3, 0.4) is 0 Å². The average Bonchev–Trinajstić information content (AvgIpc) is 2.98. The number of amides is 2. The van der Waals surface area contributed by atoms with Gasteiger partial charge in [0.15, 0.2) is 0 Å². The van der Waals surface area contributed by atoms with Gasteiger partial charge in [-0.25, -0.2) is 0 Å². The van der Waals surface area contributed by atoms with Crippen LogP contribution in [0.1, 0.15) is 28.6 Å². The highest BCUT2D eigenvalue weighted by Crippen LogP contribution is 2.27. The minimum atomic E-state index is -0.538. The van der Waals surface area contributed by atoms with Gasteiger partial charge in [0, 0.05) is 34.7 Å². The molecule has 1 aromatic heterocycles. The Morgan fingerprint density at radius 1 is 1.16 bits per heavy atom. The molecule has 2 amide bonds. The van der Waals surface area contributed by atoms with Crippen molar-refractivity contribution < 1.29 is 14.0 Å². The van der Waals surface area contributed by atoms with Crippen molar-refractivity contribution in [3.63, 3.8) is 0 Å². The van der Waals surface area contributed by atoms with Crippen LogP contribution < -0.4 is 11.1 Å². The van der Waals surface area contributed by atoms with Crippen LogP contribution >= 0.6 is 0 Å². The zero-order chi connectivity index (χ0) is 17.8. The van der Waals surface area contributed by atoms with Crippen molar-refractivity contribution in [2.45, 2.75) is 13.3 Å². The lowest BCUT2D eigenvalue weighted by Crippen LogP contribution is -2.12. The number of anilines is 1. The van der Waals surface area contributed by atoms with Crippen LogP contribution in [-0.4, -0.2) is 11.8 Å². The topological polar surface area (TPSA) is 85.3 Å². The van der Waals surface area contributed by atoms with Crippen LogP contribution in [-0.2, 0) is 11.2 Å². The molecule has 5 heteroatoms. The Balaban J connectivity index is 1.81. The van der Waals surface area contributed by atoms with E-state index in [9.17, 15) is 9.59 Å². The summed E-state index contributed by atoms with van der Waals surface area (Å²) < 4.78 is 5.81. The first kappa shape index (κ1) is 16.5. The van der Waals surface area contributed by atoms with Crippen LogP contribution in [0.4, 0.5) is 5.69 Å². The largest absolute Gasteiger partial charge is 0.460 e. The molecule has 3 rings (SSSR count). The number of hydrogen-bond acceptors (Lipinski definition) is 3. The van der Waals surface area contributed by atoms with Gasteiger partial charge < -0.3 is 15.5 Å². The van der Waals surface area contributed by atoms with Gasteiger partial charge in [0.25, 0.3) is 0 Å². The van der Waals surface area contributed by atoms with E-state index in [-0.39, 0.29) is 5.91 Å². The number of primary amides is 1. The van der Waals surface area contributed by atoms with Crippen molar-refractivity contribution in [2.75, 3.05) is 5.32 Å². The van der Waals surface area contributed by atoms with Crippen molar-refractivity contribution in [1.82, 2.24) is 0 Å². The summed E-state index contributed by atoms with van der Waals surface area (Å²) in [5, 5.41) is 3.69. The molecule has 0 spiro atoms. The molecule has 25 heavy (non-hydrogen) atoms. The summed E-state index contributed by atoms with van der Waals surface area (Å²) in [6.45, 7) is 2.00. The van der Waals surface area contributed by atoms with Crippen molar-refractivity contribution in [2.24, 2.45) is 5.73 Å². The van der Waals surface area contributed by atoms with E-state index < -0.39 is 5.91 Å². The number of furan rings is 1. The second kappa shape index (κ2) is 7.05. The van der Waals surface area contributed by atoms with Crippen molar-refractivity contribution in [3.05, 3.63) is 71.5 Å². The highest BCUT2D eigenvalue weighted by molar-refractivity contribution is 6.04. The molecule has 1 heterocycles. The van der Waals surface area contributed by atoms with Gasteiger partial charge in [-0.3, -0.25) is 9.59 Å². The summed E-state index contributed by atoms with van der Waals surface area (Å²) in [4.78, 5) is 23.4. The van der Waals surface area contributed by atoms with E-state index >= 15 is 0 Å². The maximum Gasteiger partial charge on any atom is 0.248 e. The molecular weight excluding hydrogens is 316 g/mol. The fourth-order valence-electron chi connectivity index (χ4n) is 2.65. The van der Waals surface area contributed by atoms with Gasteiger partial charge in [0.05, 0.1) is 0 Å². The molecule has 0 fully saturated rings. The third kappa shape index (κ3) is 3.61. The van der Waals surface area contributed by atoms with Gasteiger partial charge in [0.1, 0.15) is 11.3 Å². The highest BCUT2D eigenvalue weighted by Gasteiger charge is 2.10. The number of fused-ring (bicyclic) bond motifs is 1. The zero-order valence-corrected chi connectivity index (χ0v) is 13.8. The predicted octanol–water partition coefficient (Wildman–Crippen LogP) is 3.75. The van der Waals surface area contributed by atoms with Crippen LogP contribution in [0, 0.1) is 0 Å². The summed E-state index contributed by atoms with van der Waals surface area (Å²) in [6, 6.07) is 14.2. The number of benzene rings is 2. The molecule has 3 N–H and O–H groups in total. The summed E-state index contributed by atoms with van der Waals surface area (Å²) in [7, 11) is 0. The fourth-order valence-corrected chi connectivity index (χ4v) is 2.65. The fraction of sp³-hybridized carbons (Fsp3) is 0.100. The Bertz CT molecular complexity index is 970. The lowest BCUT2D eigenvalue weighted by atomic mass is 10.1. The van der Waals surface area contributed by atoms with E-state index in [0.717, 1.165) is 28.7 Å². The van der Waals surface area contributed by atoms with Gasteiger partial charge >= 0.3 is 0 Å². The maximum atomic E-state index is 12.2. The normalized spacial score (nSPS) is 11.1.